The van der Waals surface area contributed by atoms with E-state index in [-0.39, 0.29) is 6.04 Å². The van der Waals surface area contributed by atoms with E-state index in [1.54, 1.807) is 6.07 Å². The highest BCUT2D eigenvalue weighted by molar-refractivity contribution is 7.89. The molecular weight excluding hydrogens is 346 g/mol. The molecule has 2 aromatic rings. The number of likely N-dealkylation sites (N-methyl/N-ethyl adjacent to an activating group) is 1. The van der Waals surface area contributed by atoms with Crippen LogP contribution >= 0.6 is 0 Å². The summed E-state index contributed by atoms with van der Waals surface area (Å²) < 4.78 is 28.4. The summed E-state index contributed by atoms with van der Waals surface area (Å²) in [5, 5.41) is 0. The van der Waals surface area contributed by atoms with Crippen molar-refractivity contribution >= 4 is 15.7 Å². The van der Waals surface area contributed by atoms with Crippen LogP contribution in [0.4, 0.5) is 5.69 Å². The number of benzene rings is 2. The monoisotopic (exact) mass is 376 g/mol. The number of anilines is 1. The molecular formula is C20H30N3O2S+. The van der Waals surface area contributed by atoms with Crippen LogP contribution in [0.15, 0.2) is 47.4 Å². The largest absolute Gasteiger partial charge is 0.378 e. The summed E-state index contributed by atoms with van der Waals surface area (Å²) in [5.74, 6) is 0. The third-order valence-electron chi connectivity index (χ3n) is 4.62. The highest BCUT2D eigenvalue weighted by Gasteiger charge is 2.23. The Morgan fingerprint density at radius 3 is 2.19 bits per heavy atom. The van der Waals surface area contributed by atoms with Crippen LogP contribution in [0.1, 0.15) is 22.7 Å². The number of hydrogen-bond donors (Lipinski definition) is 2. The summed E-state index contributed by atoms with van der Waals surface area (Å²) in [7, 11) is 4.54. The number of nitrogens with one attached hydrogen (secondary N) is 2. The van der Waals surface area contributed by atoms with Gasteiger partial charge in [-0.2, -0.15) is 0 Å². The summed E-state index contributed by atoms with van der Waals surface area (Å²) in [5.41, 5.74) is 3.92. The predicted molar refractivity (Wildman–Crippen MR) is 107 cm³/mol. The standard InChI is InChI=1S/C20H29N3O2S/c1-15-7-8-16(2)20(13-15)26(24,25)21-14-19(23(5)6)17-9-11-18(12-10-17)22(3)4/h7-13,19,21H,14H2,1-6H3/p+1/t19-/m1/s1. The van der Waals surface area contributed by atoms with E-state index in [0.29, 0.717) is 11.4 Å². The Kier molecular flexibility index (Phi) is 6.44. The number of aryl methyl sites for hydroxylation is 2. The molecule has 0 radical (unpaired) electrons. The average Bonchev–Trinajstić information content (AvgIpc) is 2.57. The van der Waals surface area contributed by atoms with Crippen molar-refractivity contribution in [2.24, 2.45) is 0 Å². The number of hydrogen-bond acceptors (Lipinski definition) is 3. The van der Waals surface area contributed by atoms with Crippen LogP contribution in [0.3, 0.4) is 0 Å². The Bertz CT molecular complexity index is 844. The molecule has 1 atom stereocenters. The predicted octanol–water partition coefficient (Wildman–Crippen LogP) is 1.53. The zero-order valence-corrected chi connectivity index (χ0v) is 17.3. The van der Waals surface area contributed by atoms with Crippen LogP contribution in [-0.4, -0.2) is 43.2 Å². The van der Waals surface area contributed by atoms with E-state index in [0.717, 1.165) is 22.4 Å². The second kappa shape index (κ2) is 8.20. The van der Waals surface area contributed by atoms with Gasteiger partial charge in [-0.05, 0) is 43.2 Å². The van der Waals surface area contributed by atoms with Crippen LogP contribution < -0.4 is 14.5 Å². The Balaban J connectivity index is 2.21. The fourth-order valence-corrected chi connectivity index (χ4v) is 4.30. The third kappa shape index (κ3) is 4.84. The van der Waals surface area contributed by atoms with Crippen LogP contribution in [0.25, 0.3) is 0 Å². The fraction of sp³-hybridized carbons (Fsp3) is 0.400. The van der Waals surface area contributed by atoms with Gasteiger partial charge in [-0.25, -0.2) is 13.1 Å². The second-order valence-corrected chi connectivity index (χ2v) is 8.97. The van der Waals surface area contributed by atoms with E-state index < -0.39 is 10.0 Å². The van der Waals surface area contributed by atoms with Crippen molar-refractivity contribution in [3.63, 3.8) is 0 Å². The molecule has 0 heterocycles. The van der Waals surface area contributed by atoms with Gasteiger partial charge in [0.1, 0.15) is 6.04 Å². The van der Waals surface area contributed by atoms with Gasteiger partial charge in [-0.15, -0.1) is 0 Å². The molecule has 142 valence electrons. The maximum atomic E-state index is 12.8. The van der Waals surface area contributed by atoms with Crippen molar-refractivity contribution in [2.75, 3.05) is 39.6 Å². The summed E-state index contributed by atoms with van der Waals surface area (Å²) >= 11 is 0. The Labute approximate surface area is 157 Å². The van der Waals surface area contributed by atoms with E-state index in [9.17, 15) is 8.42 Å². The zero-order chi connectivity index (χ0) is 19.5. The highest BCUT2D eigenvalue weighted by Crippen LogP contribution is 2.19. The highest BCUT2D eigenvalue weighted by atomic mass is 32.2. The second-order valence-electron chi connectivity index (χ2n) is 7.24. The Morgan fingerprint density at radius 1 is 1.04 bits per heavy atom. The SMILES string of the molecule is Cc1ccc(C)c(S(=O)(=O)NC[C@H](c2ccc(N(C)C)cc2)[NH+](C)C)c1. The van der Waals surface area contributed by atoms with Gasteiger partial charge in [0.05, 0.1) is 25.5 Å². The van der Waals surface area contributed by atoms with Crippen LogP contribution in [-0.2, 0) is 10.0 Å². The normalized spacial score (nSPS) is 13.0. The first-order valence-corrected chi connectivity index (χ1v) is 10.2. The molecule has 0 fully saturated rings. The summed E-state index contributed by atoms with van der Waals surface area (Å²) in [6.45, 7) is 4.07. The van der Waals surface area contributed by atoms with Crippen molar-refractivity contribution in [1.29, 1.82) is 0 Å². The first-order chi connectivity index (χ1) is 12.1. The lowest BCUT2D eigenvalue weighted by atomic mass is 10.1. The number of rotatable bonds is 7. The van der Waals surface area contributed by atoms with Crippen molar-refractivity contribution in [1.82, 2.24) is 4.72 Å². The van der Waals surface area contributed by atoms with E-state index in [1.165, 1.54) is 4.90 Å². The van der Waals surface area contributed by atoms with Crippen molar-refractivity contribution in [2.45, 2.75) is 24.8 Å². The zero-order valence-electron chi connectivity index (χ0n) is 16.5. The van der Waals surface area contributed by atoms with Crippen LogP contribution in [0.2, 0.25) is 0 Å². The molecule has 0 unspecified atom stereocenters. The van der Waals surface area contributed by atoms with E-state index in [1.807, 2.05) is 59.1 Å². The van der Waals surface area contributed by atoms with Gasteiger partial charge in [0.15, 0.2) is 0 Å². The molecule has 0 aliphatic rings. The van der Waals surface area contributed by atoms with Gasteiger partial charge >= 0.3 is 0 Å². The smallest absolute Gasteiger partial charge is 0.241 e. The minimum absolute atomic E-state index is 0.0334. The molecule has 0 amide bonds. The quantitative estimate of drug-likeness (QED) is 0.771. The van der Waals surface area contributed by atoms with E-state index in [4.69, 9.17) is 0 Å². The molecule has 0 aromatic heterocycles. The van der Waals surface area contributed by atoms with Gasteiger partial charge in [0, 0.05) is 25.3 Å². The van der Waals surface area contributed by atoms with E-state index >= 15 is 0 Å². The number of quaternary nitrogens is 1. The minimum atomic E-state index is -3.54. The molecule has 0 spiro atoms. The summed E-state index contributed by atoms with van der Waals surface area (Å²) in [6.07, 6.45) is 0. The van der Waals surface area contributed by atoms with Gasteiger partial charge in [-0.3, -0.25) is 0 Å². The Morgan fingerprint density at radius 2 is 1.65 bits per heavy atom. The lowest BCUT2D eigenvalue weighted by Crippen LogP contribution is -3.07. The summed E-state index contributed by atoms with van der Waals surface area (Å²) in [6, 6.07) is 13.8. The minimum Gasteiger partial charge on any atom is -0.378 e. The van der Waals surface area contributed by atoms with Crippen molar-refractivity contribution in [3.05, 3.63) is 59.2 Å². The van der Waals surface area contributed by atoms with Crippen LogP contribution in [0.5, 0.6) is 0 Å². The molecule has 26 heavy (non-hydrogen) atoms. The van der Waals surface area contributed by atoms with Crippen molar-refractivity contribution < 1.29 is 13.3 Å². The molecule has 2 rings (SSSR count). The first-order valence-electron chi connectivity index (χ1n) is 8.76. The molecule has 0 saturated heterocycles. The molecule has 6 heteroatoms. The molecule has 2 N–H and O–H groups in total. The maximum absolute atomic E-state index is 12.8. The number of nitrogens with zero attached hydrogens (tertiary/aromatic N) is 1. The van der Waals surface area contributed by atoms with E-state index in [2.05, 4.69) is 29.0 Å². The van der Waals surface area contributed by atoms with Crippen LogP contribution in [0, 0.1) is 13.8 Å². The average molecular weight is 377 g/mol. The molecule has 5 nitrogen and oxygen atoms in total. The topological polar surface area (TPSA) is 53.9 Å². The lowest BCUT2D eigenvalue weighted by molar-refractivity contribution is -0.890. The van der Waals surface area contributed by atoms with Gasteiger partial charge in [-0.1, -0.05) is 24.3 Å². The summed E-state index contributed by atoms with van der Waals surface area (Å²) in [4.78, 5) is 3.57. The molecule has 2 aromatic carbocycles. The number of sulfonamides is 1. The van der Waals surface area contributed by atoms with Gasteiger partial charge in [0.25, 0.3) is 0 Å². The molecule has 0 aliphatic heterocycles. The maximum Gasteiger partial charge on any atom is 0.241 e. The fourth-order valence-electron chi connectivity index (χ4n) is 2.93. The molecule has 0 saturated carbocycles. The Hall–Kier alpha value is -1.89. The lowest BCUT2D eigenvalue weighted by Gasteiger charge is -2.23. The molecule has 0 aliphatic carbocycles. The van der Waals surface area contributed by atoms with Gasteiger partial charge in [0.2, 0.25) is 10.0 Å². The first kappa shape index (κ1) is 20.4. The molecule has 0 bridgehead atoms. The van der Waals surface area contributed by atoms with Gasteiger partial charge < -0.3 is 9.80 Å². The van der Waals surface area contributed by atoms with Crippen molar-refractivity contribution in [3.8, 4) is 0 Å². The third-order valence-corrected chi connectivity index (χ3v) is 6.18.